The predicted octanol–water partition coefficient (Wildman–Crippen LogP) is 0.979. The number of aliphatic hydroxyl groups is 1. The van der Waals surface area contributed by atoms with E-state index < -0.39 is 11.9 Å². The number of likely N-dealkylation sites (tertiary alicyclic amines) is 1. The fraction of sp³-hybridized carbons (Fsp3) is 0.438. The molecule has 21 heavy (non-hydrogen) atoms. The number of hydrogen-bond acceptors (Lipinski definition) is 3. The second-order valence-electron chi connectivity index (χ2n) is 5.24. The monoisotopic (exact) mass is 290 g/mol. The molecule has 5 heteroatoms. The largest absolute Gasteiger partial charge is 0.393 e. The quantitative estimate of drug-likeness (QED) is 0.798. The summed E-state index contributed by atoms with van der Waals surface area (Å²) in [6.45, 7) is 2.92. The van der Waals surface area contributed by atoms with Gasteiger partial charge in [-0.3, -0.25) is 4.79 Å². The van der Waals surface area contributed by atoms with Crippen molar-refractivity contribution in [3.8, 4) is 11.8 Å². The van der Waals surface area contributed by atoms with Crippen molar-refractivity contribution in [3.63, 3.8) is 0 Å². The number of nitrogens with zero attached hydrogens (tertiary/aromatic N) is 1. The van der Waals surface area contributed by atoms with Crippen molar-refractivity contribution < 1.29 is 14.3 Å². The SMILES string of the molecule is CC(O)C1CCN(C(=O)c2ccc(C#CCN)cc2F)C1. The Morgan fingerprint density at radius 2 is 2.38 bits per heavy atom. The first-order valence-electron chi connectivity index (χ1n) is 6.98. The molecule has 1 heterocycles. The molecule has 0 aliphatic carbocycles. The maximum atomic E-state index is 14.0. The molecule has 2 unspecified atom stereocenters. The molecule has 1 fully saturated rings. The minimum atomic E-state index is -0.579. The molecule has 0 bridgehead atoms. The van der Waals surface area contributed by atoms with Gasteiger partial charge in [0.15, 0.2) is 0 Å². The Morgan fingerprint density at radius 3 is 2.95 bits per heavy atom. The molecule has 0 radical (unpaired) electrons. The van der Waals surface area contributed by atoms with Gasteiger partial charge in [-0.25, -0.2) is 4.39 Å². The van der Waals surface area contributed by atoms with Gasteiger partial charge in [0, 0.05) is 24.6 Å². The molecule has 1 aromatic rings. The predicted molar refractivity (Wildman–Crippen MR) is 78.0 cm³/mol. The molecular formula is C16H19FN2O2. The third kappa shape index (κ3) is 3.60. The van der Waals surface area contributed by atoms with Crippen LogP contribution in [0.15, 0.2) is 18.2 Å². The van der Waals surface area contributed by atoms with Crippen LogP contribution in [-0.2, 0) is 0 Å². The van der Waals surface area contributed by atoms with E-state index in [0.717, 1.165) is 6.42 Å². The number of carbonyl (C=O) groups excluding carboxylic acids is 1. The van der Waals surface area contributed by atoms with Crippen LogP contribution < -0.4 is 5.73 Å². The van der Waals surface area contributed by atoms with Crippen LogP contribution in [-0.4, -0.2) is 41.7 Å². The van der Waals surface area contributed by atoms with Crippen molar-refractivity contribution in [2.24, 2.45) is 11.7 Å². The molecule has 0 spiro atoms. The van der Waals surface area contributed by atoms with E-state index in [1.807, 2.05) is 0 Å². The maximum Gasteiger partial charge on any atom is 0.256 e. The summed E-state index contributed by atoms with van der Waals surface area (Å²) in [6.07, 6.45) is 0.284. The van der Waals surface area contributed by atoms with Gasteiger partial charge in [0.25, 0.3) is 5.91 Å². The Balaban J connectivity index is 2.13. The molecular weight excluding hydrogens is 271 g/mol. The van der Waals surface area contributed by atoms with Crippen LogP contribution in [0.5, 0.6) is 0 Å². The lowest BCUT2D eigenvalue weighted by molar-refractivity contribution is 0.0758. The second kappa shape index (κ2) is 6.70. The summed E-state index contributed by atoms with van der Waals surface area (Å²) in [4.78, 5) is 13.9. The molecule has 2 rings (SSSR count). The molecule has 1 saturated heterocycles. The summed E-state index contributed by atoms with van der Waals surface area (Å²) in [7, 11) is 0. The number of nitrogens with two attached hydrogens (primary N) is 1. The van der Waals surface area contributed by atoms with Crippen molar-refractivity contribution in [2.75, 3.05) is 19.6 Å². The topological polar surface area (TPSA) is 66.6 Å². The van der Waals surface area contributed by atoms with E-state index in [-0.39, 0.29) is 23.9 Å². The fourth-order valence-electron chi connectivity index (χ4n) is 2.46. The average Bonchev–Trinajstić information content (AvgIpc) is 2.94. The van der Waals surface area contributed by atoms with Crippen molar-refractivity contribution in [2.45, 2.75) is 19.4 Å². The van der Waals surface area contributed by atoms with Crippen LogP contribution in [0.4, 0.5) is 4.39 Å². The van der Waals surface area contributed by atoms with Crippen molar-refractivity contribution in [3.05, 3.63) is 35.1 Å². The van der Waals surface area contributed by atoms with E-state index in [9.17, 15) is 14.3 Å². The van der Waals surface area contributed by atoms with Crippen LogP contribution in [0.3, 0.4) is 0 Å². The lowest BCUT2D eigenvalue weighted by atomic mass is 10.0. The lowest BCUT2D eigenvalue weighted by Gasteiger charge is -2.18. The first kappa shape index (κ1) is 15.5. The Bertz CT molecular complexity index is 590. The zero-order valence-corrected chi connectivity index (χ0v) is 12.0. The highest BCUT2D eigenvalue weighted by Crippen LogP contribution is 2.22. The highest BCUT2D eigenvalue weighted by molar-refractivity contribution is 5.94. The van der Waals surface area contributed by atoms with Crippen molar-refractivity contribution >= 4 is 5.91 Å². The summed E-state index contributed by atoms with van der Waals surface area (Å²) in [5.41, 5.74) is 5.80. The maximum absolute atomic E-state index is 14.0. The van der Waals surface area contributed by atoms with Gasteiger partial charge in [0.1, 0.15) is 5.82 Å². The number of rotatable bonds is 2. The summed E-state index contributed by atoms with van der Waals surface area (Å²) >= 11 is 0. The average molecular weight is 290 g/mol. The Labute approximate surface area is 123 Å². The van der Waals surface area contributed by atoms with E-state index in [0.29, 0.717) is 18.7 Å². The molecule has 112 valence electrons. The van der Waals surface area contributed by atoms with E-state index in [2.05, 4.69) is 11.8 Å². The van der Waals surface area contributed by atoms with Crippen LogP contribution in [0.2, 0.25) is 0 Å². The number of aliphatic hydroxyl groups excluding tert-OH is 1. The molecule has 3 N–H and O–H groups in total. The fourth-order valence-corrected chi connectivity index (χ4v) is 2.46. The van der Waals surface area contributed by atoms with Crippen LogP contribution in [0.1, 0.15) is 29.3 Å². The minimum absolute atomic E-state index is 0.0412. The molecule has 1 amide bonds. The van der Waals surface area contributed by atoms with Gasteiger partial charge in [-0.05, 0) is 31.5 Å². The summed E-state index contributed by atoms with van der Waals surface area (Å²) < 4.78 is 14.0. The van der Waals surface area contributed by atoms with Gasteiger partial charge < -0.3 is 15.7 Å². The molecule has 1 aliphatic rings. The molecule has 2 atom stereocenters. The van der Waals surface area contributed by atoms with E-state index >= 15 is 0 Å². The third-order valence-electron chi connectivity index (χ3n) is 3.73. The normalized spacial score (nSPS) is 19.0. The molecule has 0 saturated carbocycles. The van der Waals surface area contributed by atoms with E-state index in [1.54, 1.807) is 17.9 Å². The first-order valence-corrected chi connectivity index (χ1v) is 6.98. The third-order valence-corrected chi connectivity index (χ3v) is 3.73. The summed E-state index contributed by atoms with van der Waals surface area (Å²) in [5, 5.41) is 9.56. The highest BCUT2D eigenvalue weighted by Gasteiger charge is 2.30. The lowest BCUT2D eigenvalue weighted by Crippen LogP contribution is -2.31. The molecule has 0 aromatic heterocycles. The molecule has 4 nitrogen and oxygen atoms in total. The van der Waals surface area contributed by atoms with Gasteiger partial charge in [-0.1, -0.05) is 11.8 Å². The number of benzene rings is 1. The van der Waals surface area contributed by atoms with Crippen LogP contribution in [0.25, 0.3) is 0 Å². The summed E-state index contributed by atoms with van der Waals surface area (Å²) in [5.74, 6) is 4.52. The standard InChI is InChI=1S/C16H19FN2O2/c1-11(20)13-6-8-19(10-13)16(21)14-5-4-12(3-2-7-18)9-15(14)17/h4-5,9,11,13,20H,6-8,10,18H2,1H3. The van der Waals surface area contributed by atoms with Gasteiger partial charge >= 0.3 is 0 Å². The smallest absolute Gasteiger partial charge is 0.256 e. The van der Waals surface area contributed by atoms with Gasteiger partial charge in [-0.2, -0.15) is 0 Å². The number of hydrogen-bond donors (Lipinski definition) is 2. The number of carbonyl (C=O) groups is 1. The minimum Gasteiger partial charge on any atom is -0.393 e. The van der Waals surface area contributed by atoms with Gasteiger partial charge in [0.05, 0.1) is 18.2 Å². The van der Waals surface area contributed by atoms with Crippen molar-refractivity contribution in [1.29, 1.82) is 0 Å². The zero-order valence-electron chi connectivity index (χ0n) is 12.0. The Hall–Kier alpha value is -1.90. The van der Waals surface area contributed by atoms with Gasteiger partial charge in [0.2, 0.25) is 0 Å². The Morgan fingerprint density at radius 1 is 1.62 bits per heavy atom. The van der Waals surface area contributed by atoms with Crippen molar-refractivity contribution in [1.82, 2.24) is 4.90 Å². The summed E-state index contributed by atoms with van der Waals surface area (Å²) in [6, 6.07) is 4.31. The van der Waals surface area contributed by atoms with Crippen LogP contribution in [0, 0.1) is 23.6 Å². The first-order chi connectivity index (χ1) is 10.0. The van der Waals surface area contributed by atoms with E-state index in [1.165, 1.54) is 12.1 Å². The highest BCUT2D eigenvalue weighted by atomic mass is 19.1. The van der Waals surface area contributed by atoms with E-state index in [4.69, 9.17) is 5.73 Å². The molecule has 1 aliphatic heterocycles. The van der Waals surface area contributed by atoms with Crippen LogP contribution >= 0.6 is 0 Å². The second-order valence-corrected chi connectivity index (χ2v) is 5.24. The van der Waals surface area contributed by atoms with Gasteiger partial charge in [-0.15, -0.1) is 0 Å². The Kier molecular flexibility index (Phi) is 4.94. The number of halogens is 1. The number of amides is 1. The zero-order chi connectivity index (χ0) is 15.4. The molecule has 1 aromatic carbocycles.